The lowest BCUT2D eigenvalue weighted by Gasteiger charge is -2.31. The molecule has 0 bridgehead atoms. The molecule has 2 aromatic carbocycles. The Balaban J connectivity index is 1.43. The quantitative estimate of drug-likeness (QED) is 0.371. The minimum Gasteiger partial charge on any atom is -0.495 e. The molecule has 0 unspecified atom stereocenters. The zero-order valence-electron chi connectivity index (χ0n) is 16.9. The highest BCUT2D eigenvalue weighted by Crippen LogP contribution is 2.34. The summed E-state index contributed by atoms with van der Waals surface area (Å²) in [6.45, 7) is 1.34. The van der Waals surface area contributed by atoms with Gasteiger partial charge in [0.2, 0.25) is 0 Å². The molecule has 2 heterocycles. The van der Waals surface area contributed by atoms with Crippen molar-refractivity contribution in [2.75, 3.05) is 25.1 Å². The Labute approximate surface area is 203 Å². The van der Waals surface area contributed by atoms with E-state index in [1.807, 2.05) is 12.1 Å². The molecular formula is C22H22Br2N2O3S2. The van der Waals surface area contributed by atoms with Crippen LogP contribution in [0.4, 0.5) is 5.13 Å². The Kier molecular flexibility index (Phi) is 7.05. The highest BCUT2D eigenvalue weighted by Gasteiger charge is 2.34. The highest BCUT2D eigenvalue weighted by molar-refractivity contribution is 9.10. The van der Waals surface area contributed by atoms with Crippen LogP contribution in [0.5, 0.6) is 5.75 Å². The van der Waals surface area contributed by atoms with Crippen molar-refractivity contribution in [2.45, 2.75) is 29.4 Å². The molecule has 1 saturated heterocycles. The van der Waals surface area contributed by atoms with Gasteiger partial charge in [0.05, 0.1) is 18.1 Å². The molecule has 1 aromatic heterocycles. The molecule has 0 spiro atoms. The fourth-order valence-electron chi connectivity index (χ4n) is 3.79. The Morgan fingerprint density at radius 1 is 1.13 bits per heavy atom. The maximum atomic E-state index is 13.3. The van der Waals surface area contributed by atoms with Crippen LogP contribution in [0, 0.1) is 0 Å². The number of halogens is 2. The third-order valence-electron chi connectivity index (χ3n) is 5.40. The predicted molar refractivity (Wildman–Crippen MR) is 132 cm³/mol. The predicted octanol–water partition coefficient (Wildman–Crippen LogP) is 5.71. The number of hydrogen-bond acceptors (Lipinski definition) is 6. The second-order valence-electron chi connectivity index (χ2n) is 7.45. The SMILES string of the molecule is COc1ccc(Br)cc1S(=O)(=O)C1CCN(c2nc(Cc3cccc(Br)c3)cs2)CC1. The first-order valence-corrected chi connectivity index (χ1v) is 13.9. The van der Waals surface area contributed by atoms with Crippen LogP contribution in [0.25, 0.3) is 0 Å². The van der Waals surface area contributed by atoms with Gasteiger partial charge in [0.15, 0.2) is 15.0 Å². The van der Waals surface area contributed by atoms with Crippen LogP contribution in [0.15, 0.2) is 61.7 Å². The first-order chi connectivity index (χ1) is 14.9. The van der Waals surface area contributed by atoms with Gasteiger partial charge in [-0.25, -0.2) is 13.4 Å². The molecule has 0 aliphatic carbocycles. The zero-order chi connectivity index (χ0) is 22.0. The minimum absolute atomic E-state index is 0.258. The third kappa shape index (κ3) is 5.16. The number of anilines is 1. The van der Waals surface area contributed by atoms with E-state index in [1.165, 1.54) is 12.7 Å². The standard InChI is InChI=1S/C22H22Br2N2O3S2/c1-29-20-6-5-17(24)13-21(20)31(27,28)19-7-9-26(10-8-19)22-25-18(14-30-22)12-15-3-2-4-16(23)11-15/h2-6,11,13-14,19H,7-10,12H2,1H3. The number of piperidine rings is 1. The zero-order valence-corrected chi connectivity index (χ0v) is 21.7. The second kappa shape index (κ2) is 9.60. The first-order valence-electron chi connectivity index (χ1n) is 9.88. The van der Waals surface area contributed by atoms with Gasteiger partial charge in [-0.3, -0.25) is 0 Å². The summed E-state index contributed by atoms with van der Waals surface area (Å²) < 4.78 is 33.6. The molecule has 0 saturated carbocycles. The second-order valence-corrected chi connectivity index (χ2v) is 12.3. The number of nitrogens with zero attached hydrogens (tertiary/aromatic N) is 2. The molecule has 1 aliphatic rings. The number of benzene rings is 2. The summed E-state index contributed by atoms with van der Waals surface area (Å²) in [5.74, 6) is 0.391. The summed E-state index contributed by atoms with van der Waals surface area (Å²) in [6, 6.07) is 13.3. The van der Waals surface area contributed by atoms with E-state index in [2.05, 4.69) is 54.3 Å². The number of methoxy groups -OCH3 is 1. The molecule has 164 valence electrons. The van der Waals surface area contributed by atoms with Crippen molar-refractivity contribution in [2.24, 2.45) is 0 Å². The molecule has 1 aliphatic heterocycles. The number of ether oxygens (including phenoxy) is 1. The smallest absolute Gasteiger partial charge is 0.185 e. The summed E-state index contributed by atoms with van der Waals surface area (Å²) in [7, 11) is -1.98. The molecular weight excluding hydrogens is 564 g/mol. The van der Waals surface area contributed by atoms with Crippen molar-refractivity contribution >= 4 is 58.2 Å². The molecule has 3 aromatic rings. The Morgan fingerprint density at radius 2 is 1.87 bits per heavy atom. The molecule has 4 rings (SSSR count). The lowest BCUT2D eigenvalue weighted by atomic mass is 10.1. The molecule has 0 radical (unpaired) electrons. The van der Waals surface area contributed by atoms with Crippen LogP contribution < -0.4 is 9.64 Å². The molecule has 0 amide bonds. The van der Waals surface area contributed by atoms with Gasteiger partial charge in [0.25, 0.3) is 0 Å². The van der Waals surface area contributed by atoms with Crippen LogP contribution in [0.1, 0.15) is 24.1 Å². The number of sulfone groups is 1. The van der Waals surface area contributed by atoms with Crippen molar-refractivity contribution in [3.63, 3.8) is 0 Å². The van der Waals surface area contributed by atoms with E-state index < -0.39 is 15.1 Å². The maximum absolute atomic E-state index is 13.3. The van der Waals surface area contributed by atoms with Gasteiger partial charge in [0, 0.05) is 33.8 Å². The molecule has 0 N–H and O–H groups in total. The monoisotopic (exact) mass is 584 g/mol. The van der Waals surface area contributed by atoms with Crippen LogP contribution in [0.2, 0.25) is 0 Å². The van der Waals surface area contributed by atoms with Gasteiger partial charge in [-0.15, -0.1) is 11.3 Å². The van der Waals surface area contributed by atoms with Crippen molar-refractivity contribution < 1.29 is 13.2 Å². The minimum atomic E-state index is -3.48. The van der Waals surface area contributed by atoms with Crippen LogP contribution in [-0.2, 0) is 16.3 Å². The number of rotatable bonds is 6. The maximum Gasteiger partial charge on any atom is 0.185 e. The Bertz CT molecular complexity index is 1170. The van der Waals surface area contributed by atoms with Gasteiger partial charge in [-0.1, -0.05) is 44.0 Å². The van der Waals surface area contributed by atoms with Gasteiger partial charge in [0.1, 0.15) is 10.6 Å². The Hall–Kier alpha value is -1.42. The number of thiazole rings is 1. The van der Waals surface area contributed by atoms with Crippen molar-refractivity contribution in [3.8, 4) is 5.75 Å². The van der Waals surface area contributed by atoms with E-state index in [0.29, 0.717) is 31.7 Å². The van der Waals surface area contributed by atoms with E-state index in [1.54, 1.807) is 29.5 Å². The third-order valence-corrected chi connectivity index (χ3v) is 9.62. The van der Waals surface area contributed by atoms with E-state index in [4.69, 9.17) is 9.72 Å². The summed E-state index contributed by atoms with van der Waals surface area (Å²) in [6.07, 6.45) is 1.92. The molecule has 9 heteroatoms. The van der Waals surface area contributed by atoms with Crippen molar-refractivity contribution in [1.82, 2.24) is 4.98 Å². The first kappa shape index (κ1) is 22.8. The lowest BCUT2D eigenvalue weighted by molar-refractivity contribution is 0.401. The number of aromatic nitrogens is 1. The highest BCUT2D eigenvalue weighted by atomic mass is 79.9. The molecule has 0 atom stereocenters. The van der Waals surface area contributed by atoms with Crippen molar-refractivity contribution in [3.05, 3.63) is 68.0 Å². The fourth-order valence-corrected chi connectivity index (χ4v) is 7.54. The van der Waals surface area contributed by atoms with Gasteiger partial charge in [-0.2, -0.15) is 0 Å². The van der Waals surface area contributed by atoms with E-state index in [0.717, 1.165) is 26.2 Å². The van der Waals surface area contributed by atoms with Gasteiger partial charge < -0.3 is 9.64 Å². The summed E-state index contributed by atoms with van der Waals surface area (Å²) in [4.78, 5) is 7.25. The van der Waals surface area contributed by atoms with Gasteiger partial charge in [-0.05, 0) is 48.7 Å². The average molecular weight is 586 g/mol. The van der Waals surface area contributed by atoms with Crippen LogP contribution in [-0.4, -0.2) is 38.9 Å². The lowest BCUT2D eigenvalue weighted by Crippen LogP contribution is -2.39. The van der Waals surface area contributed by atoms with E-state index >= 15 is 0 Å². The summed E-state index contributed by atoms with van der Waals surface area (Å²) >= 11 is 8.50. The number of hydrogen-bond donors (Lipinski definition) is 0. The van der Waals surface area contributed by atoms with E-state index in [9.17, 15) is 8.42 Å². The van der Waals surface area contributed by atoms with Crippen LogP contribution >= 0.6 is 43.2 Å². The van der Waals surface area contributed by atoms with Gasteiger partial charge >= 0.3 is 0 Å². The average Bonchev–Trinajstić information content (AvgIpc) is 3.22. The molecule has 5 nitrogen and oxygen atoms in total. The van der Waals surface area contributed by atoms with E-state index in [-0.39, 0.29) is 4.90 Å². The molecule has 31 heavy (non-hydrogen) atoms. The Morgan fingerprint density at radius 3 is 2.58 bits per heavy atom. The summed E-state index contributed by atoms with van der Waals surface area (Å²) in [5.41, 5.74) is 2.24. The fraction of sp³-hybridized carbons (Fsp3) is 0.318. The van der Waals surface area contributed by atoms with Crippen molar-refractivity contribution in [1.29, 1.82) is 0 Å². The summed E-state index contributed by atoms with van der Waals surface area (Å²) in [5, 5.41) is 2.62. The normalized spacial score (nSPS) is 15.3. The topological polar surface area (TPSA) is 59.5 Å². The largest absolute Gasteiger partial charge is 0.495 e. The van der Waals surface area contributed by atoms with Crippen LogP contribution in [0.3, 0.4) is 0 Å². The molecule has 1 fully saturated rings.